The molecule has 4 nitrogen and oxygen atoms in total. The lowest BCUT2D eigenvalue weighted by atomic mass is 10.2. The second-order valence-corrected chi connectivity index (χ2v) is 5.61. The zero-order valence-electron chi connectivity index (χ0n) is 10.8. The lowest BCUT2D eigenvalue weighted by Gasteiger charge is -2.07. The first-order valence-corrected chi connectivity index (χ1v) is 7.36. The Labute approximate surface area is 126 Å². The van der Waals surface area contributed by atoms with Crippen molar-refractivity contribution in [1.82, 2.24) is 0 Å². The van der Waals surface area contributed by atoms with Gasteiger partial charge in [0.15, 0.2) is 0 Å². The van der Waals surface area contributed by atoms with E-state index in [-0.39, 0.29) is 5.91 Å². The van der Waals surface area contributed by atoms with Gasteiger partial charge in [0, 0.05) is 10.6 Å². The lowest BCUT2D eigenvalue weighted by molar-refractivity contribution is -0.117. The van der Waals surface area contributed by atoms with E-state index < -0.39 is 0 Å². The van der Waals surface area contributed by atoms with Gasteiger partial charge in [0.1, 0.15) is 0 Å². The highest BCUT2D eigenvalue weighted by Gasteiger charge is 2.04. The van der Waals surface area contributed by atoms with Crippen LogP contribution in [0.2, 0.25) is 5.02 Å². The number of hydrogen-bond donors (Lipinski definition) is 2. The first-order chi connectivity index (χ1) is 9.65. The predicted octanol–water partition coefficient (Wildman–Crippen LogP) is 3.53. The average Bonchev–Trinajstić information content (AvgIpc) is 2.92. The molecule has 0 saturated carbocycles. The summed E-state index contributed by atoms with van der Waals surface area (Å²) >= 11 is 7.45. The minimum absolute atomic E-state index is 0.113. The molecule has 20 heavy (non-hydrogen) atoms. The molecular weight excluding hydrogens is 296 g/mol. The van der Waals surface area contributed by atoms with Gasteiger partial charge in [-0.15, -0.1) is 11.3 Å². The lowest BCUT2D eigenvalue weighted by Crippen LogP contribution is -2.14. The third-order valence-corrected chi connectivity index (χ3v) is 3.77. The number of nitrogens with one attached hydrogen (secondary N) is 1. The van der Waals surface area contributed by atoms with Crippen molar-refractivity contribution in [1.29, 1.82) is 0 Å². The zero-order chi connectivity index (χ0) is 14.4. The highest BCUT2D eigenvalue weighted by Crippen LogP contribution is 2.22. The van der Waals surface area contributed by atoms with Crippen molar-refractivity contribution in [3.05, 3.63) is 45.6 Å². The number of nitrogen functional groups attached to an aromatic ring is 1. The van der Waals surface area contributed by atoms with Crippen molar-refractivity contribution < 1.29 is 9.53 Å². The van der Waals surface area contributed by atoms with Gasteiger partial charge in [-0.05, 0) is 29.6 Å². The third-order valence-electron chi connectivity index (χ3n) is 2.58. The molecule has 1 heterocycles. The number of benzene rings is 1. The van der Waals surface area contributed by atoms with Crippen LogP contribution in [0.5, 0.6) is 0 Å². The molecule has 0 spiro atoms. The topological polar surface area (TPSA) is 64.3 Å². The highest BCUT2D eigenvalue weighted by molar-refractivity contribution is 7.09. The highest BCUT2D eigenvalue weighted by atomic mass is 35.5. The Kier molecular flexibility index (Phi) is 5.40. The van der Waals surface area contributed by atoms with E-state index in [4.69, 9.17) is 22.1 Å². The number of carbonyl (C=O) groups excluding carboxylic acids is 1. The second-order valence-electron chi connectivity index (χ2n) is 4.17. The van der Waals surface area contributed by atoms with Crippen LogP contribution in [0.25, 0.3) is 0 Å². The molecule has 0 aliphatic rings. The van der Waals surface area contributed by atoms with Crippen LogP contribution in [0.15, 0.2) is 35.7 Å². The van der Waals surface area contributed by atoms with Gasteiger partial charge in [0.25, 0.3) is 0 Å². The van der Waals surface area contributed by atoms with E-state index in [0.29, 0.717) is 36.0 Å². The Balaban J connectivity index is 1.71. The van der Waals surface area contributed by atoms with E-state index >= 15 is 0 Å². The van der Waals surface area contributed by atoms with Crippen LogP contribution < -0.4 is 11.1 Å². The average molecular weight is 311 g/mol. The summed E-state index contributed by atoms with van der Waals surface area (Å²) in [6, 6.07) is 8.97. The molecule has 2 rings (SSSR count). The molecule has 0 aliphatic heterocycles. The fraction of sp³-hybridized carbons (Fsp3) is 0.214. The van der Waals surface area contributed by atoms with Crippen molar-refractivity contribution in [2.24, 2.45) is 0 Å². The molecular formula is C14H15ClN2O2S. The number of hydrogen-bond acceptors (Lipinski definition) is 4. The Morgan fingerprint density at radius 2 is 2.25 bits per heavy atom. The molecule has 106 valence electrons. The Morgan fingerprint density at radius 1 is 1.40 bits per heavy atom. The van der Waals surface area contributed by atoms with Crippen molar-refractivity contribution in [3.63, 3.8) is 0 Å². The molecule has 1 aromatic carbocycles. The Hall–Kier alpha value is -1.56. The second kappa shape index (κ2) is 7.28. The van der Waals surface area contributed by atoms with Gasteiger partial charge in [-0.1, -0.05) is 17.7 Å². The maximum atomic E-state index is 11.7. The van der Waals surface area contributed by atoms with Crippen LogP contribution in [0.1, 0.15) is 11.3 Å². The number of anilines is 2. The van der Waals surface area contributed by atoms with Crippen molar-refractivity contribution in [2.75, 3.05) is 17.7 Å². The van der Waals surface area contributed by atoms with E-state index in [1.165, 1.54) is 0 Å². The van der Waals surface area contributed by atoms with E-state index in [2.05, 4.69) is 5.32 Å². The first kappa shape index (κ1) is 14.8. The monoisotopic (exact) mass is 310 g/mol. The zero-order valence-corrected chi connectivity index (χ0v) is 12.3. The molecule has 1 amide bonds. The molecule has 0 radical (unpaired) electrons. The van der Waals surface area contributed by atoms with Crippen LogP contribution in [0.3, 0.4) is 0 Å². The maximum Gasteiger partial charge on any atom is 0.226 e. The molecule has 0 atom stereocenters. The molecule has 3 N–H and O–H groups in total. The number of amides is 1. The number of halogens is 1. The number of carbonyl (C=O) groups is 1. The van der Waals surface area contributed by atoms with Crippen LogP contribution in [-0.4, -0.2) is 12.5 Å². The van der Waals surface area contributed by atoms with Crippen molar-refractivity contribution in [2.45, 2.75) is 13.0 Å². The number of ether oxygens (including phenoxy) is 1. The Morgan fingerprint density at radius 3 is 2.95 bits per heavy atom. The third kappa shape index (κ3) is 4.52. The van der Waals surface area contributed by atoms with Crippen LogP contribution in [0.4, 0.5) is 11.4 Å². The van der Waals surface area contributed by atoms with Crippen molar-refractivity contribution in [3.8, 4) is 0 Å². The molecule has 0 aliphatic carbocycles. The molecule has 0 bridgehead atoms. The summed E-state index contributed by atoms with van der Waals surface area (Å²) in [5, 5.41) is 5.22. The number of nitrogens with two attached hydrogens (primary N) is 1. The summed E-state index contributed by atoms with van der Waals surface area (Å²) in [7, 11) is 0. The minimum Gasteiger partial charge on any atom is -0.397 e. The molecule has 2 aromatic rings. The van der Waals surface area contributed by atoms with Crippen molar-refractivity contribution >= 4 is 40.2 Å². The molecule has 0 saturated heterocycles. The quantitative estimate of drug-likeness (QED) is 0.633. The Bertz CT molecular complexity index is 573. The molecule has 1 aromatic heterocycles. The van der Waals surface area contributed by atoms with Gasteiger partial charge in [-0.3, -0.25) is 4.79 Å². The van der Waals surface area contributed by atoms with E-state index in [1.54, 1.807) is 29.5 Å². The fourth-order valence-electron chi connectivity index (χ4n) is 1.58. The van der Waals surface area contributed by atoms with Gasteiger partial charge in [0.05, 0.1) is 30.3 Å². The summed E-state index contributed by atoms with van der Waals surface area (Å²) in [5.74, 6) is -0.113. The van der Waals surface area contributed by atoms with E-state index in [0.717, 1.165) is 4.88 Å². The van der Waals surface area contributed by atoms with E-state index in [1.807, 2.05) is 17.5 Å². The number of rotatable bonds is 6. The molecule has 6 heteroatoms. The predicted molar refractivity (Wildman–Crippen MR) is 83.1 cm³/mol. The SMILES string of the molecule is Nc1cc(NC(=O)CCOCc2cccs2)ccc1Cl. The van der Waals surface area contributed by atoms with Crippen LogP contribution >= 0.6 is 22.9 Å². The van der Waals surface area contributed by atoms with Crippen LogP contribution in [0, 0.1) is 0 Å². The molecule has 0 unspecified atom stereocenters. The summed E-state index contributed by atoms with van der Waals surface area (Å²) in [4.78, 5) is 12.9. The summed E-state index contributed by atoms with van der Waals surface area (Å²) in [5.41, 5.74) is 6.74. The number of thiophene rings is 1. The largest absolute Gasteiger partial charge is 0.397 e. The van der Waals surface area contributed by atoms with Gasteiger partial charge < -0.3 is 15.8 Å². The minimum atomic E-state index is -0.113. The van der Waals surface area contributed by atoms with Gasteiger partial charge in [-0.2, -0.15) is 0 Å². The summed E-state index contributed by atoms with van der Waals surface area (Å²) < 4.78 is 5.43. The van der Waals surface area contributed by atoms with Gasteiger partial charge in [0.2, 0.25) is 5.91 Å². The molecule has 0 fully saturated rings. The first-order valence-electron chi connectivity index (χ1n) is 6.10. The normalized spacial score (nSPS) is 10.4. The fourth-order valence-corrected chi connectivity index (χ4v) is 2.34. The summed E-state index contributed by atoms with van der Waals surface area (Å²) in [6.07, 6.45) is 0.300. The maximum absolute atomic E-state index is 11.7. The van der Waals surface area contributed by atoms with Gasteiger partial charge >= 0.3 is 0 Å². The standard InChI is InChI=1S/C14H15ClN2O2S/c15-12-4-3-10(8-13(12)16)17-14(18)5-6-19-9-11-2-1-7-20-11/h1-4,7-8H,5-6,9,16H2,(H,17,18). The smallest absolute Gasteiger partial charge is 0.226 e. The summed E-state index contributed by atoms with van der Waals surface area (Å²) in [6.45, 7) is 0.922. The van der Waals surface area contributed by atoms with Gasteiger partial charge in [-0.25, -0.2) is 0 Å². The van der Waals surface area contributed by atoms with Crippen LogP contribution in [-0.2, 0) is 16.1 Å². The van der Waals surface area contributed by atoms with E-state index in [9.17, 15) is 4.79 Å².